The zero-order valence-corrected chi connectivity index (χ0v) is 11.6. The van der Waals surface area contributed by atoms with Crippen LogP contribution in [0.15, 0.2) is 24.3 Å². The van der Waals surface area contributed by atoms with E-state index in [4.69, 9.17) is 13.8 Å². The molecule has 0 amide bonds. The molecule has 0 bridgehead atoms. The molecule has 2 rings (SSSR count). The molecule has 1 fully saturated rings. The molecule has 5 nitrogen and oxygen atoms in total. The van der Waals surface area contributed by atoms with E-state index in [0.29, 0.717) is 5.75 Å². The first-order valence-corrected chi connectivity index (χ1v) is 7.19. The van der Waals surface area contributed by atoms with Gasteiger partial charge in [-0.1, -0.05) is 32.0 Å². The van der Waals surface area contributed by atoms with Crippen LogP contribution in [0, 0.1) is 5.41 Å². The molecule has 1 aliphatic rings. The Morgan fingerprint density at radius 1 is 1.33 bits per heavy atom. The van der Waals surface area contributed by atoms with Crippen LogP contribution < -0.4 is 4.74 Å². The van der Waals surface area contributed by atoms with E-state index >= 15 is 0 Å². The smallest absolute Gasteiger partial charge is 0.375 e. The number of hydrogen-bond donors (Lipinski definition) is 2. The highest BCUT2D eigenvalue weighted by Crippen LogP contribution is 2.64. The highest BCUT2D eigenvalue weighted by atomic mass is 31.2. The van der Waals surface area contributed by atoms with Crippen molar-refractivity contribution in [2.45, 2.75) is 20.0 Å². The summed E-state index contributed by atoms with van der Waals surface area (Å²) < 4.78 is 15.6. The molecule has 1 radical (unpaired) electrons. The van der Waals surface area contributed by atoms with Gasteiger partial charge in [-0.2, -0.15) is 0 Å². The van der Waals surface area contributed by atoms with Gasteiger partial charge in [0, 0.05) is 11.0 Å². The third-order valence-electron chi connectivity index (χ3n) is 2.98. The van der Waals surface area contributed by atoms with E-state index in [2.05, 4.69) is 0 Å². The average molecular weight is 273 g/mol. The first kappa shape index (κ1) is 13.7. The molecule has 2 N–H and O–H groups in total. The van der Waals surface area contributed by atoms with E-state index in [9.17, 15) is 9.79 Å². The maximum absolute atomic E-state index is 9.58. The molecule has 1 aliphatic heterocycles. The van der Waals surface area contributed by atoms with E-state index in [0.717, 1.165) is 5.56 Å². The van der Waals surface area contributed by atoms with Gasteiger partial charge in [0.15, 0.2) is 0 Å². The van der Waals surface area contributed by atoms with E-state index < -0.39 is 14.3 Å². The molecule has 1 aromatic carbocycles. The van der Waals surface area contributed by atoms with Crippen molar-refractivity contribution < 1.29 is 23.6 Å². The Labute approximate surface area is 107 Å². The van der Waals surface area contributed by atoms with Gasteiger partial charge in [0.2, 0.25) is 0 Å². The second-order valence-corrected chi connectivity index (χ2v) is 6.43. The maximum Gasteiger partial charge on any atom is 0.375 e. The lowest BCUT2D eigenvalue weighted by atomic mass is 9.83. The van der Waals surface area contributed by atoms with Crippen LogP contribution in [0.5, 0.6) is 5.75 Å². The van der Waals surface area contributed by atoms with Crippen LogP contribution in [0.3, 0.4) is 0 Å². The summed E-state index contributed by atoms with van der Waals surface area (Å²) in [5, 5.41) is 0. The van der Waals surface area contributed by atoms with Crippen molar-refractivity contribution in [1.29, 1.82) is 0 Å². The van der Waals surface area contributed by atoms with Gasteiger partial charge in [-0.25, -0.2) is 0 Å². The van der Waals surface area contributed by atoms with Gasteiger partial charge >= 0.3 is 8.17 Å². The first-order valence-electron chi connectivity index (χ1n) is 5.66. The molecule has 6 heteroatoms. The number of rotatable bonds is 2. The Bertz CT molecular complexity index is 432. The highest BCUT2D eigenvalue weighted by molar-refractivity contribution is 7.54. The van der Waals surface area contributed by atoms with Crippen LogP contribution in [0.2, 0.25) is 0 Å². The number of hydrogen-bond acceptors (Lipinski definition) is 5. The fourth-order valence-corrected chi connectivity index (χ4v) is 3.23. The van der Waals surface area contributed by atoms with Gasteiger partial charge in [-0.15, -0.1) is 0 Å². The molecule has 18 heavy (non-hydrogen) atoms. The fourth-order valence-electron chi connectivity index (χ4n) is 2.00. The fraction of sp³-hybridized carbons (Fsp3) is 0.500. The molecule has 101 valence electrons. The predicted octanol–water partition coefficient (Wildman–Crippen LogP) is 2.47. The minimum absolute atomic E-state index is 0.219. The molecule has 1 aromatic rings. The van der Waals surface area contributed by atoms with Gasteiger partial charge < -0.3 is 14.5 Å². The number of ether oxygens (including phenoxy) is 1. The Morgan fingerprint density at radius 2 is 2.00 bits per heavy atom. The summed E-state index contributed by atoms with van der Waals surface area (Å²) in [4.78, 5) is 19.2. The summed E-state index contributed by atoms with van der Waals surface area (Å²) in [5.41, 5.74) is 0.421. The average Bonchev–Trinajstić information content (AvgIpc) is 2.33. The Kier molecular flexibility index (Phi) is 3.63. The molecule has 0 saturated carbocycles. The second kappa shape index (κ2) is 4.76. The first-order chi connectivity index (χ1) is 8.36. The molecular weight excluding hydrogens is 255 g/mol. The maximum atomic E-state index is 9.58. The molecule has 1 atom stereocenters. The lowest BCUT2D eigenvalue weighted by Crippen LogP contribution is -2.34. The second-order valence-electron chi connectivity index (χ2n) is 4.98. The molecular formula is C12H18O5P. The monoisotopic (exact) mass is 273 g/mol. The van der Waals surface area contributed by atoms with Gasteiger partial charge in [-0.3, -0.25) is 9.05 Å². The van der Waals surface area contributed by atoms with Crippen LogP contribution >= 0.6 is 8.17 Å². The summed E-state index contributed by atoms with van der Waals surface area (Å²) in [6.07, 6.45) is -0.481. The van der Waals surface area contributed by atoms with Gasteiger partial charge in [0.05, 0.1) is 13.7 Å². The third-order valence-corrected chi connectivity index (χ3v) is 3.93. The standard InChI is InChI=1S/C12H18O5P/c1-12(2)8-16-18(13,14)17-11(12)9-6-4-5-7-10(9)15-3/h4-7,11,13-14H,8H2,1-3H3/t11-/m1/s1. The number of para-hydroxylation sites is 1. The third kappa shape index (κ3) is 2.66. The summed E-state index contributed by atoms with van der Waals surface area (Å²) in [6, 6.07) is 7.40. The van der Waals surface area contributed by atoms with Crippen LogP contribution in [0.1, 0.15) is 25.5 Å². The van der Waals surface area contributed by atoms with Crippen molar-refractivity contribution in [3.8, 4) is 5.75 Å². The highest BCUT2D eigenvalue weighted by Gasteiger charge is 2.46. The lowest BCUT2D eigenvalue weighted by Gasteiger charge is -2.43. The Morgan fingerprint density at radius 3 is 2.67 bits per heavy atom. The molecule has 1 heterocycles. The molecule has 1 saturated heterocycles. The summed E-state index contributed by atoms with van der Waals surface area (Å²) >= 11 is 0. The topological polar surface area (TPSA) is 68.2 Å². The van der Waals surface area contributed by atoms with Crippen molar-refractivity contribution in [2.75, 3.05) is 13.7 Å². The Hall–Kier alpha value is -0.710. The molecule has 0 aromatic heterocycles. The number of methoxy groups -OCH3 is 1. The van der Waals surface area contributed by atoms with Gasteiger partial charge in [-0.05, 0) is 6.07 Å². The van der Waals surface area contributed by atoms with Crippen LogP contribution in [0.25, 0.3) is 0 Å². The predicted molar refractivity (Wildman–Crippen MR) is 67.9 cm³/mol. The summed E-state index contributed by atoms with van der Waals surface area (Å²) in [6.45, 7) is 4.11. The van der Waals surface area contributed by atoms with E-state index in [1.807, 2.05) is 38.1 Å². The normalized spacial score (nSPS) is 25.7. The molecule has 0 unspecified atom stereocenters. The van der Waals surface area contributed by atoms with Crippen molar-refractivity contribution >= 4 is 8.17 Å². The van der Waals surface area contributed by atoms with Gasteiger partial charge in [0.1, 0.15) is 11.9 Å². The van der Waals surface area contributed by atoms with Gasteiger partial charge in [0.25, 0.3) is 0 Å². The molecule has 0 aliphatic carbocycles. The summed E-state index contributed by atoms with van der Waals surface area (Å²) in [5.74, 6) is 0.664. The van der Waals surface area contributed by atoms with Crippen LogP contribution in [-0.4, -0.2) is 23.5 Å². The van der Waals surface area contributed by atoms with Crippen molar-refractivity contribution in [2.24, 2.45) is 5.41 Å². The minimum Gasteiger partial charge on any atom is -0.496 e. The van der Waals surface area contributed by atoms with Crippen molar-refractivity contribution in [1.82, 2.24) is 0 Å². The largest absolute Gasteiger partial charge is 0.496 e. The minimum atomic E-state index is -3.72. The van der Waals surface area contributed by atoms with E-state index in [-0.39, 0.29) is 12.0 Å². The summed E-state index contributed by atoms with van der Waals surface area (Å²) in [7, 11) is -2.15. The van der Waals surface area contributed by atoms with Crippen LogP contribution in [-0.2, 0) is 9.05 Å². The number of benzene rings is 1. The quantitative estimate of drug-likeness (QED) is 0.810. The zero-order valence-electron chi connectivity index (χ0n) is 10.7. The zero-order chi connectivity index (χ0) is 13.4. The van der Waals surface area contributed by atoms with Crippen molar-refractivity contribution in [3.63, 3.8) is 0 Å². The van der Waals surface area contributed by atoms with Crippen LogP contribution in [0.4, 0.5) is 0 Å². The van der Waals surface area contributed by atoms with E-state index in [1.165, 1.54) is 0 Å². The lowest BCUT2D eigenvalue weighted by molar-refractivity contribution is -0.0640. The van der Waals surface area contributed by atoms with Crippen molar-refractivity contribution in [3.05, 3.63) is 29.8 Å². The molecule has 0 spiro atoms. The Balaban J connectivity index is 2.39. The SMILES string of the molecule is COc1ccccc1[C@H]1O[P](O)(O)OCC1(C)C. The van der Waals surface area contributed by atoms with E-state index in [1.54, 1.807) is 7.11 Å².